The van der Waals surface area contributed by atoms with E-state index in [0.717, 1.165) is 11.1 Å². The summed E-state index contributed by atoms with van der Waals surface area (Å²) in [7, 11) is 0. The van der Waals surface area contributed by atoms with Gasteiger partial charge >= 0.3 is 12.1 Å². The van der Waals surface area contributed by atoms with Crippen LogP contribution in [0.5, 0.6) is 5.75 Å². The van der Waals surface area contributed by atoms with E-state index in [1.54, 1.807) is 39.0 Å². The van der Waals surface area contributed by atoms with Crippen molar-refractivity contribution >= 4 is 34.7 Å². The monoisotopic (exact) mass is 497 g/mol. The fraction of sp³-hybridized carbons (Fsp3) is 0.333. The third-order valence-electron chi connectivity index (χ3n) is 3.65. The Bertz CT molecular complexity index is 817. The number of esters is 1. The number of carbonyl (C=O) groups excluding carboxylic acids is 2. The largest absolute Gasteiger partial charge is 0.507 e. The first-order chi connectivity index (χ1) is 13.1. The molecule has 0 spiro atoms. The Labute approximate surface area is 178 Å². The summed E-state index contributed by atoms with van der Waals surface area (Å²) >= 11 is 2.00. The van der Waals surface area contributed by atoms with Crippen LogP contribution in [0.1, 0.15) is 31.9 Å². The number of nitrogens with one attached hydrogen (secondary N) is 1. The molecule has 2 aromatic rings. The smallest absolute Gasteiger partial charge is 0.408 e. The van der Waals surface area contributed by atoms with Gasteiger partial charge in [0.1, 0.15) is 24.0 Å². The van der Waals surface area contributed by atoms with E-state index in [4.69, 9.17) is 9.47 Å². The van der Waals surface area contributed by atoms with Crippen molar-refractivity contribution in [3.05, 3.63) is 63.2 Å². The minimum absolute atomic E-state index is 0.110. The number of phenols is 1. The standard InChI is InChI=1S/C21H24INO5/c1-21(2,3)28-20(26)23-17(12-15-9-10-18(24)16(22)11-15)19(25)27-13-14-7-5-4-6-8-14/h4-11,17,24H,12-13H2,1-3H3,(H,23,26). The summed E-state index contributed by atoms with van der Waals surface area (Å²) in [5, 5.41) is 12.3. The lowest BCUT2D eigenvalue weighted by atomic mass is 10.1. The van der Waals surface area contributed by atoms with Gasteiger partial charge in [-0.15, -0.1) is 0 Å². The lowest BCUT2D eigenvalue weighted by molar-refractivity contribution is -0.147. The summed E-state index contributed by atoms with van der Waals surface area (Å²) in [6, 6.07) is 13.4. The molecule has 0 bridgehead atoms. The Morgan fingerprint density at radius 3 is 2.39 bits per heavy atom. The molecule has 0 aliphatic rings. The highest BCUT2D eigenvalue weighted by Crippen LogP contribution is 2.21. The van der Waals surface area contributed by atoms with Gasteiger partial charge in [-0.2, -0.15) is 0 Å². The van der Waals surface area contributed by atoms with E-state index in [1.165, 1.54) is 0 Å². The van der Waals surface area contributed by atoms with Gasteiger partial charge in [0.2, 0.25) is 0 Å². The zero-order valence-corrected chi connectivity index (χ0v) is 18.2. The van der Waals surface area contributed by atoms with E-state index in [-0.39, 0.29) is 18.8 Å². The van der Waals surface area contributed by atoms with Crippen LogP contribution < -0.4 is 5.32 Å². The molecule has 2 aromatic carbocycles. The molecule has 0 radical (unpaired) electrons. The second-order valence-corrected chi connectivity index (χ2v) is 8.44. The molecule has 150 valence electrons. The number of phenolic OH excluding ortho intramolecular Hbond substituents is 1. The quantitative estimate of drug-likeness (QED) is 0.462. The molecule has 1 atom stereocenters. The molecule has 0 aliphatic heterocycles. The first-order valence-corrected chi connectivity index (χ1v) is 9.89. The number of benzene rings is 2. The molecule has 0 saturated carbocycles. The summed E-state index contributed by atoms with van der Waals surface area (Å²) in [4.78, 5) is 24.8. The van der Waals surface area contributed by atoms with Crippen LogP contribution in [0.2, 0.25) is 0 Å². The summed E-state index contributed by atoms with van der Waals surface area (Å²) in [6.07, 6.45) is -0.481. The van der Waals surface area contributed by atoms with Crippen LogP contribution in [0.3, 0.4) is 0 Å². The Kier molecular flexibility index (Phi) is 7.68. The van der Waals surface area contributed by atoms with Crippen LogP contribution in [0.4, 0.5) is 4.79 Å². The average Bonchev–Trinajstić information content (AvgIpc) is 2.61. The minimum atomic E-state index is -0.918. The highest BCUT2D eigenvalue weighted by Gasteiger charge is 2.26. The van der Waals surface area contributed by atoms with E-state index in [0.29, 0.717) is 3.57 Å². The van der Waals surface area contributed by atoms with Gasteiger partial charge in [0, 0.05) is 6.42 Å². The van der Waals surface area contributed by atoms with Crippen molar-refractivity contribution < 1.29 is 24.2 Å². The lowest BCUT2D eigenvalue weighted by Crippen LogP contribution is -2.45. The van der Waals surface area contributed by atoms with E-state index in [9.17, 15) is 14.7 Å². The Hall–Kier alpha value is -2.29. The molecule has 0 fully saturated rings. The maximum Gasteiger partial charge on any atom is 0.408 e. The SMILES string of the molecule is CC(C)(C)OC(=O)NC(Cc1ccc(O)c(I)c1)C(=O)OCc1ccccc1. The van der Waals surface area contributed by atoms with Crippen LogP contribution in [0.15, 0.2) is 48.5 Å². The predicted octanol–water partition coefficient (Wildman–Crippen LogP) is 4.18. The second kappa shape index (κ2) is 9.77. The Morgan fingerprint density at radius 1 is 1.11 bits per heavy atom. The number of carbonyl (C=O) groups is 2. The molecule has 1 amide bonds. The first kappa shape index (κ1) is 22.0. The van der Waals surface area contributed by atoms with Gasteiger partial charge < -0.3 is 19.9 Å². The van der Waals surface area contributed by atoms with Gasteiger partial charge in [-0.3, -0.25) is 0 Å². The average molecular weight is 497 g/mol. The maximum absolute atomic E-state index is 12.6. The van der Waals surface area contributed by atoms with Crippen molar-refractivity contribution in [1.29, 1.82) is 0 Å². The minimum Gasteiger partial charge on any atom is -0.507 e. The number of aromatic hydroxyl groups is 1. The molecule has 0 aromatic heterocycles. The van der Waals surface area contributed by atoms with Gasteiger partial charge in [-0.1, -0.05) is 36.4 Å². The van der Waals surface area contributed by atoms with E-state index >= 15 is 0 Å². The van der Waals surface area contributed by atoms with Crippen molar-refractivity contribution in [2.45, 2.75) is 45.4 Å². The maximum atomic E-state index is 12.6. The normalized spacial score (nSPS) is 12.1. The van der Waals surface area contributed by atoms with Crippen molar-refractivity contribution in [2.24, 2.45) is 0 Å². The summed E-state index contributed by atoms with van der Waals surface area (Å²) < 4.78 is 11.3. The van der Waals surface area contributed by atoms with Crippen LogP contribution in [-0.2, 0) is 27.3 Å². The fourth-order valence-corrected chi connectivity index (χ4v) is 2.97. The molecule has 0 heterocycles. The summed E-state index contributed by atoms with van der Waals surface area (Å²) in [5.74, 6) is -0.398. The number of hydrogen-bond acceptors (Lipinski definition) is 5. The predicted molar refractivity (Wildman–Crippen MR) is 114 cm³/mol. The number of amides is 1. The Balaban J connectivity index is 2.10. The van der Waals surface area contributed by atoms with E-state index in [1.807, 2.05) is 52.9 Å². The van der Waals surface area contributed by atoms with Crippen LogP contribution >= 0.6 is 22.6 Å². The molecule has 0 saturated heterocycles. The van der Waals surface area contributed by atoms with Gasteiger partial charge in [0.15, 0.2) is 0 Å². The van der Waals surface area contributed by atoms with Crippen molar-refractivity contribution in [1.82, 2.24) is 5.32 Å². The number of halogens is 1. The number of hydrogen-bond donors (Lipinski definition) is 2. The molecule has 0 aliphatic carbocycles. The summed E-state index contributed by atoms with van der Waals surface area (Å²) in [6.45, 7) is 5.35. The number of alkyl carbamates (subject to hydrolysis) is 1. The highest BCUT2D eigenvalue weighted by atomic mass is 127. The second-order valence-electron chi connectivity index (χ2n) is 7.28. The van der Waals surface area contributed by atoms with Crippen LogP contribution in [0, 0.1) is 3.57 Å². The molecule has 2 rings (SSSR count). The van der Waals surface area contributed by atoms with Gasteiger partial charge in [0.05, 0.1) is 3.57 Å². The number of rotatable bonds is 6. The third-order valence-corrected chi connectivity index (χ3v) is 4.52. The van der Waals surface area contributed by atoms with Crippen molar-refractivity contribution in [3.63, 3.8) is 0 Å². The first-order valence-electron chi connectivity index (χ1n) is 8.81. The van der Waals surface area contributed by atoms with Crippen molar-refractivity contribution in [2.75, 3.05) is 0 Å². The zero-order chi connectivity index (χ0) is 20.7. The Morgan fingerprint density at radius 2 is 1.79 bits per heavy atom. The summed E-state index contributed by atoms with van der Waals surface area (Å²) in [5.41, 5.74) is 0.946. The molecule has 6 nitrogen and oxygen atoms in total. The van der Waals surface area contributed by atoms with Gasteiger partial charge in [-0.25, -0.2) is 9.59 Å². The molecule has 28 heavy (non-hydrogen) atoms. The fourth-order valence-electron chi connectivity index (χ4n) is 2.39. The van der Waals surface area contributed by atoms with Gasteiger partial charge in [-0.05, 0) is 66.6 Å². The lowest BCUT2D eigenvalue weighted by Gasteiger charge is -2.23. The van der Waals surface area contributed by atoms with E-state index < -0.39 is 23.7 Å². The van der Waals surface area contributed by atoms with Crippen LogP contribution in [0.25, 0.3) is 0 Å². The number of ether oxygens (including phenoxy) is 2. The molecule has 2 N–H and O–H groups in total. The van der Waals surface area contributed by atoms with Crippen LogP contribution in [-0.4, -0.2) is 28.8 Å². The van der Waals surface area contributed by atoms with E-state index in [2.05, 4.69) is 5.32 Å². The highest BCUT2D eigenvalue weighted by molar-refractivity contribution is 14.1. The topological polar surface area (TPSA) is 84.9 Å². The molecule has 7 heteroatoms. The van der Waals surface area contributed by atoms with Crippen molar-refractivity contribution in [3.8, 4) is 5.75 Å². The van der Waals surface area contributed by atoms with Gasteiger partial charge in [0.25, 0.3) is 0 Å². The molecule has 1 unspecified atom stereocenters. The third kappa shape index (κ3) is 7.38. The zero-order valence-electron chi connectivity index (χ0n) is 16.1. The molecular formula is C21H24INO5. The molecular weight excluding hydrogens is 473 g/mol.